The molecule has 0 radical (unpaired) electrons. The summed E-state index contributed by atoms with van der Waals surface area (Å²) in [6, 6.07) is 16.0. The minimum atomic E-state index is 0.0680. The average Bonchev–Trinajstić information content (AvgIpc) is 2.64. The number of pyridine rings is 1. The number of nitrogens with zero attached hydrogens (tertiary/aromatic N) is 4. The third kappa shape index (κ3) is 2.98. The summed E-state index contributed by atoms with van der Waals surface area (Å²) in [6.45, 7) is 2.44. The molecule has 24 heavy (non-hydrogen) atoms. The van der Waals surface area contributed by atoms with E-state index in [9.17, 15) is 5.11 Å². The number of aromatic nitrogens is 3. The van der Waals surface area contributed by atoms with Crippen LogP contribution >= 0.6 is 0 Å². The van der Waals surface area contributed by atoms with Crippen molar-refractivity contribution >= 4 is 0 Å². The summed E-state index contributed by atoms with van der Waals surface area (Å²) in [6.07, 6.45) is 2.51. The molecule has 1 aliphatic rings. The molecule has 1 aromatic carbocycles. The molecule has 1 aliphatic heterocycles. The largest absolute Gasteiger partial charge is 0.493 e. The fourth-order valence-corrected chi connectivity index (χ4v) is 3.04. The number of aromatic hydroxyl groups is 1. The molecule has 0 amide bonds. The third-order valence-corrected chi connectivity index (χ3v) is 4.26. The lowest BCUT2D eigenvalue weighted by Crippen LogP contribution is -2.31. The van der Waals surface area contributed by atoms with Crippen molar-refractivity contribution in [3.63, 3.8) is 0 Å². The van der Waals surface area contributed by atoms with Crippen molar-refractivity contribution in [2.24, 2.45) is 0 Å². The summed E-state index contributed by atoms with van der Waals surface area (Å²) in [5, 5.41) is 10.4. The van der Waals surface area contributed by atoms with Gasteiger partial charge < -0.3 is 5.11 Å². The Morgan fingerprint density at radius 3 is 2.62 bits per heavy atom. The van der Waals surface area contributed by atoms with Crippen molar-refractivity contribution in [2.45, 2.75) is 19.5 Å². The number of rotatable bonds is 3. The van der Waals surface area contributed by atoms with Gasteiger partial charge in [0.05, 0.1) is 5.69 Å². The molecule has 3 aromatic rings. The molecule has 3 heterocycles. The topological polar surface area (TPSA) is 62.1 Å². The Balaban J connectivity index is 1.58. The highest BCUT2D eigenvalue weighted by atomic mass is 16.3. The summed E-state index contributed by atoms with van der Waals surface area (Å²) in [7, 11) is 0. The highest BCUT2D eigenvalue weighted by Crippen LogP contribution is 2.27. The first-order valence-electron chi connectivity index (χ1n) is 8.06. The summed E-state index contributed by atoms with van der Waals surface area (Å²) < 4.78 is 0. The van der Waals surface area contributed by atoms with Crippen LogP contribution in [-0.2, 0) is 19.5 Å². The lowest BCUT2D eigenvalue weighted by Gasteiger charge is -2.28. The normalized spacial score (nSPS) is 14.3. The van der Waals surface area contributed by atoms with Gasteiger partial charge in [-0.05, 0) is 17.7 Å². The van der Waals surface area contributed by atoms with Crippen LogP contribution in [0.4, 0.5) is 0 Å². The van der Waals surface area contributed by atoms with E-state index in [2.05, 4.69) is 32.0 Å². The number of hydrogen-bond acceptors (Lipinski definition) is 5. The van der Waals surface area contributed by atoms with Gasteiger partial charge >= 0.3 is 0 Å². The van der Waals surface area contributed by atoms with Crippen LogP contribution in [0.1, 0.15) is 16.8 Å². The Morgan fingerprint density at radius 1 is 1.00 bits per heavy atom. The molecule has 5 heteroatoms. The van der Waals surface area contributed by atoms with Gasteiger partial charge in [-0.2, -0.15) is 4.98 Å². The van der Waals surface area contributed by atoms with E-state index in [4.69, 9.17) is 0 Å². The molecule has 0 fully saturated rings. The molecule has 120 valence electrons. The van der Waals surface area contributed by atoms with Crippen LogP contribution in [-0.4, -0.2) is 31.5 Å². The number of benzene rings is 1. The molecule has 1 N–H and O–H groups in total. The van der Waals surface area contributed by atoms with Crippen LogP contribution in [0.2, 0.25) is 0 Å². The lowest BCUT2D eigenvalue weighted by atomic mass is 10.1. The van der Waals surface area contributed by atoms with Gasteiger partial charge in [0.25, 0.3) is 0 Å². The Kier molecular flexibility index (Phi) is 3.92. The van der Waals surface area contributed by atoms with Crippen molar-refractivity contribution < 1.29 is 5.11 Å². The zero-order valence-corrected chi connectivity index (χ0v) is 13.3. The van der Waals surface area contributed by atoms with E-state index in [1.807, 2.05) is 36.4 Å². The zero-order chi connectivity index (χ0) is 16.4. The van der Waals surface area contributed by atoms with Crippen LogP contribution in [0, 0.1) is 0 Å². The molecule has 5 nitrogen and oxygen atoms in total. The van der Waals surface area contributed by atoms with E-state index in [0.29, 0.717) is 18.1 Å². The van der Waals surface area contributed by atoms with Gasteiger partial charge in [-0.1, -0.05) is 36.4 Å². The second-order valence-corrected chi connectivity index (χ2v) is 5.96. The van der Waals surface area contributed by atoms with Gasteiger partial charge in [-0.3, -0.25) is 9.88 Å². The summed E-state index contributed by atoms with van der Waals surface area (Å²) in [4.78, 5) is 15.4. The highest BCUT2D eigenvalue weighted by molar-refractivity contribution is 5.51. The predicted molar refractivity (Wildman–Crippen MR) is 91.2 cm³/mol. The first-order chi connectivity index (χ1) is 11.8. The first-order valence-corrected chi connectivity index (χ1v) is 8.06. The number of hydrogen-bond donors (Lipinski definition) is 1. The smallest absolute Gasteiger partial charge is 0.219 e. The van der Waals surface area contributed by atoms with Crippen LogP contribution in [0.15, 0.2) is 54.7 Å². The van der Waals surface area contributed by atoms with Gasteiger partial charge in [0, 0.05) is 37.8 Å². The van der Waals surface area contributed by atoms with Crippen LogP contribution in [0.3, 0.4) is 0 Å². The van der Waals surface area contributed by atoms with Gasteiger partial charge in [0.1, 0.15) is 5.69 Å². The lowest BCUT2D eigenvalue weighted by molar-refractivity contribution is 0.237. The fourth-order valence-electron chi connectivity index (χ4n) is 3.04. The molecule has 0 aliphatic carbocycles. The quantitative estimate of drug-likeness (QED) is 0.804. The van der Waals surface area contributed by atoms with Crippen molar-refractivity contribution in [3.8, 4) is 17.4 Å². The second-order valence-electron chi connectivity index (χ2n) is 5.96. The molecule has 0 bridgehead atoms. The van der Waals surface area contributed by atoms with Crippen molar-refractivity contribution in [1.82, 2.24) is 19.9 Å². The van der Waals surface area contributed by atoms with Gasteiger partial charge in [0.15, 0.2) is 5.82 Å². The van der Waals surface area contributed by atoms with Crippen molar-refractivity contribution in [1.29, 1.82) is 0 Å². The molecule has 0 saturated carbocycles. The Bertz CT molecular complexity index is 837. The molecular formula is C19H18N4O. The van der Waals surface area contributed by atoms with Crippen LogP contribution < -0.4 is 0 Å². The fraction of sp³-hybridized carbons (Fsp3) is 0.211. The summed E-state index contributed by atoms with van der Waals surface area (Å²) in [5.74, 6) is 0.557. The van der Waals surface area contributed by atoms with E-state index < -0.39 is 0 Å². The Morgan fingerprint density at radius 2 is 1.83 bits per heavy atom. The minimum absolute atomic E-state index is 0.0680. The average molecular weight is 318 g/mol. The first kappa shape index (κ1) is 14.8. The third-order valence-electron chi connectivity index (χ3n) is 4.26. The molecular weight excluding hydrogens is 300 g/mol. The molecule has 0 spiro atoms. The van der Waals surface area contributed by atoms with E-state index in [-0.39, 0.29) is 5.88 Å². The molecule has 0 atom stereocenters. The molecule has 2 aromatic heterocycles. The maximum absolute atomic E-state index is 10.4. The van der Waals surface area contributed by atoms with E-state index in [1.54, 1.807) is 6.20 Å². The Labute approximate surface area is 140 Å². The standard InChI is InChI=1S/C19H18N4O/c24-19-15-13-23(12-14-6-2-1-3-7-14)11-9-16(15)21-18(22-19)17-8-4-5-10-20-17/h1-8,10H,9,11-13H2,(H,21,22,24). The monoisotopic (exact) mass is 318 g/mol. The summed E-state index contributed by atoms with van der Waals surface area (Å²) in [5.41, 5.74) is 3.71. The van der Waals surface area contributed by atoms with Crippen LogP contribution in [0.5, 0.6) is 5.88 Å². The minimum Gasteiger partial charge on any atom is -0.493 e. The second kappa shape index (κ2) is 6.37. The van der Waals surface area contributed by atoms with Gasteiger partial charge in [-0.25, -0.2) is 4.98 Å². The Hall–Kier alpha value is -2.79. The number of fused-ring (bicyclic) bond motifs is 1. The van der Waals surface area contributed by atoms with Crippen molar-refractivity contribution in [2.75, 3.05) is 6.54 Å². The SMILES string of the molecule is Oc1nc(-c2ccccn2)nc2c1CN(Cc1ccccc1)CC2. The predicted octanol–water partition coefficient (Wildman–Crippen LogP) is 2.80. The van der Waals surface area contributed by atoms with Gasteiger partial charge in [-0.15, -0.1) is 0 Å². The maximum atomic E-state index is 10.4. The summed E-state index contributed by atoms with van der Waals surface area (Å²) >= 11 is 0. The molecule has 0 saturated heterocycles. The van der Waals surface area contributed by atoms with Crippen molar-refractivity contribution in [3.05, 3.63) is 71.5 Å². The maximum Gasteiger partial charge on any atom is 0.219 e. The molecule has 4 rings (SSSR count). The van der Waals surface area contributed by atoms with E-state index >= 15 is 0 Å². The van der Waals surface area contributed by atoms with Crippen LogP contribution in [0.25, 0.3) is 11.5 Å². The molecule has 0 unspecified atom stereocenters. The highest BCUT2D eigenvalue weighted by Gasteiger charge is 2.23. The van der Waals surface area contributed by atoms with E-state index in [0.717, 1.165) is 30.8 Å². The zero-order valence-electron chi connectivity index (χ0n) is 13.3. The van der Waals surface area contributed by atoms with Gasteiger partial charge in [0.2, 0.25) is 5.88 Å². The van der Waals surface area contributed by atoms with E-state index in [1.165, 1.54) is 5.56 Å².